The van der Waals surface area contributed by atoms with Gasteiger partial charge in [0.1, 0.15) is 5.70 Å². The number of carbonyl (C=O) groups is 2. The second-order valence-corrected chi connectivity index (χ2v) is 10.2. The Labute approximate surface area is 176 Å². The molecular weight excluding hydrogens is 402 g/mol. The number of hydrogen-bond acceptors (Lipinski definition) is 6. The topological polar surface area (TPSA) is 116 Å². The molecule has 0 bridgehead atoms. The molecule has 160 valence electrons. The van der Waals surface area contributed by atoms with Crippen LogP contribution in [-0.2, 0) is 9.59 Å². The van der Waals surface area contributed by atoms with Crippen LogP contribution in [0.3, 0.4) is 0 Å². The van der Waals surface area contributed by atoms with Crippen molar-refractivity contribution < 1.29 is 19.8 Å². The van der Waals surface area contributed by atoms with Crippen molar-refractivity contribution in [1.29, 1.82) is 0 Å². The van der Waals surface area contributed by atoms with E-state index in [1.807, 2.05) is 20.8 Å². The van der Waals surface area contributed by atoms with Crippen molar-refractivity contribution in [1.82, 2.24) is 10.2 Å². The molecule has 3 heterocycles. The molecule has 6 atom stereocenters. The van der Waals surface area contributed by atoms with Crippen molar-refractivity contribution in [3.05, 3.63) is 10.6 Å². The molecule has 7 nitrogen and oxygen atoms in total. The maximum absolute atomic E-state index is 12.4. The van der Waals surface area contributed by atoms with Crippen LogP contribution in [0.15, 0.2) is 10.6 Å². The van der Waals surface area contributed by atoms with E-state index in [-0.39, 0.29) is 46.8 Å². The van der Waals surface area contributed by atoms with Gasteiger partial charge in [0.2, 0.25) is 5.91 Å². The quantitative estimate of drug-likeness (QED) is 0.450. The summed E-state index contributed by atoms with van der Waals surface area (Å²) in [5.41, 5.74) is 6.01. The van der Waals surface area contributed by atoms with E-state index in [2.05, 4.69) is 5.32 Å². The van der Waals surface area contributed by atoms with Crippen molar-refractivity contribution >= 4 is 36.0 Å². The fraction of sp³-hybridized carbons (Fsp3) is 0.789. The monoisotopic (exact) mass is 433 g/mol. The van der Waals surface area contributed by atoms with E-state index in [4.69, 9.17) is 5.73 Å². The van der Waals surface area contributed by atoms with Crippen molar-refractivity contribution in [2.75, 3.05) is 6.54 Å². The van der Waals surface area contributed by atoms with Crippen LogP contribution in [0.2, 0.25) is 0 Å². The van der Waals surface area contributed by atoms with Crippen LogP contribution in [0.25, 0.3) is 0 Å². The number of β-lactam (4-membered cyclic amide) rings is 1. The Bertz CT molecular complexity index is 664. The highest BCUT2D eigenvalue weighted by Crippen LogP contribution is 2.51. The van der Waals surface area contributed by atoms with E-state index in [0.717, 1.165) is 30.7 Å². The molecule has 2 saturated heterocycles. The molecule has 0 aromatic rings. The molecule has 5 N–H and O–H groups in total. The number of aliphatic hydroxyl groups excluding tert-OH is 1. The van der Waals surface area contributed by atoms with Crippen LogP contribution >= 0.6 is 24.2 Å². The Morgan fingerprint density at radius 3 is 2.64 bits per heavy atom. The molecule has 28 heavy (non-hydrogen) atoms. The first-order valence-corrected chi connectivity index (χ1v) is 10.6. The van der Waals surface area contributed by atoms with Gasteiger partial charge in [0.05, 0.1) is 18.1 Å². The zero-order valence-corrected chi connectivity index (χ0v) is 18.5. The summed E-state index contributed by atoms with van der Waals surface area (Å²) < 4.78 is 0. The molecule has 2 fully saturated rings. The minimum absolute atomic E-state index is 0. The standard InChI is InChI=1S/C19H31N3O4S.ClH/c1-9-14-13(10(2)23)17(24)22(14)15(18(25)26)16(9)27-12-7-11(21-8-12)5-6-19(3,4)20;/h9-14,21,23H,5-8,20H2,1-4H3,(H,25,26);1H/t9-,10-,11-,12+,13-,14-;/m1./s1. The van der Waals surface area contributed by atoms with E-state index in [1.165, 1.54) is 4.90 Å². The SMILES string of the molecule is C[C@@H](O)[C@H]1C(=O)N2C(C(=O)O)=C(S[C@@H]3CN[C@H](CCC(C)(C)N)C3)[C@H](C)[C@H]12.Cl. The van der Waals surface area contributed by atoms with Gasteiger partial charge in [-0.25, -0.2) is 4.79 Å². The number of rotatable bonds is 7. The smallest absolute Gasteiger partial charge is 0.353 e. The van der Waals surface area contributed by atoms with Gasteiger partial charge in [-0.15, -0.1) is 24.2 Å². The third-order valence-electron chi connectivity index (χ3n) is 5.92. The summed E-state index contributed by atoms with van der Waals surface area (Å²) in [5.74, 6) is -1.91. The Balaban J connectivity index is 0.00000280. The molecule has 1 amide bonds. The second-order valence-electron chi connectivity index (χ2n) is 8.88. The minimum Gasteiger partial charge on any atom is -0.477 e. The number of aliphatic carboxylic acids is 1. The van der Waals surface area contributed by atoms with Gasteiger partial charge in [0.25, 0.3) is 0 Å². The van der Waals surface area contributed by atoms with E-state index in [9.17, 15) is 19.8 Å². The number of nitrogens with one attached hydrogen (secondary N) is 1. The van der Waals surface area contributed by atoms with Crippen molar-refractivity contribution in [2.45, 2.75) is 75.9 Å². The van der Waals surface area contributed by atoms with Crippen LogP contribution in [0, 0.1) is 11.8 Å². The van der Waals surface area contributed by atoms with Gasteiger partial charge in [-0.2, -0.15) is 0 Å². The van der Waals surface area contributed by atoms with Gasteiger partial charge in [-0.05, 0) is 40.0 Å². The lowest BCUT2D eigenvalue weighted by Gasteiger charge is -2.46. The molecule has 0 spiro atoms. The number of carboxylic acids is 1. The third-order valence-corrected chi connectivity index (χ3v) is 7.43. The number of halogens is 1. The second kappa shape index (κ2) is 8.52. The van der Waals surface area contributed by atoms with Gasteiger partial charge >= 0.3 is 5.97 Å². The van der Waals surface area contributed by atoms with E-state index in [0.29, 0.717) is 6.04 Å². The molecule has 9 heteroatoms. The van der Waals surface area contributed by atoms with Gasteiger partial charge in [0.15, 0.2) is 0 Å². The Kier molecular flexibility index (Phi) is 7.14. The molecule has 3 aliphatic heterocycles. The molecule has 0 unspecified atom stereocenters. The summed E-state index contributed by atoms with van der Waals surface area (Å²) in [7, 11) is 0. The largest absolute Gasteiger partial charge is 0.477 e. The molecule has 0 radical (unpaired) electrons. The van der Waals surface area contributed by atoms with Gasteiger partial charge in [0, 0.05) is 34.2 Å². The summed E-state index contributed by atoms with van der Waals surface area (Å²) in [6.45, 7) is 8.44. The highest BCUT2D eigenvalue weighted by atomic mass is 35.5. The number of nitrogens with two attached hydrogens (primary N) is 1. The predicted octanol–water partition coefficient (Wildman–Crippen LogP) is 1.54. The molecule has 0 saturated carbocycles. The lowest BCUT2D eigenvalue weighted by molar-refractivity contribution is -0.163. The van der Waals surface area contributed by atoms with Crippen LogP contribution in [0.4, 0.5) is 0 Å². The normalized spacial score (nSPS) is 33.4. The third kappa shape index (κ3) is 4.36. The Morgan fingerprint density at radius 2 is 2.11 bits per heavy atom. The van der Waals surface area contributed by atoms with Crippen LogP contribution in [0.5, 0.6) is 0 Å². The maximum atomic E-state index is 12.4. The highest BCUT2D eigenvalue weighted by molar-refractivity contribution is 8.03. The first kappa shape index (κ1) is 23.5. The summed E-state index contributed by atoms with van der Waals surface area (Å²) in [6, 6.07) is 0.147. The first-order chi connectivity index (χ1) is 12.5. The fourth-order valence-corrected chi connectivity index (χ4v) is 6.01. The molecule has 0 aliphatic carbocycles. The van der Waals surface area contributed by atoms with Crippen LogP contribution < -0.4 is 11.1 Å². The summed E-state index contributed by atoms with van der Waals surface area (Å²) in [5, 5.41) is 23.4. The van der Waals surface area contributed by atoms with Crippen LogP contribution in [-0.4, -0.2) is 62.5 Å². The average Bonchev–Trinajstić information content (AvgIpc) is 3.07. The highest BCUT2D eigenvalue weighted by Gasteiger charge is 2.60. The van der Waals surface area contributed by atoms with Crippen molar-refractivity contribution in [3.8, 4) is 0 Å². The number of thioether (sulfide) groups is 1. The van der Waals surface area contributed by atoms with Crippen molar-refractivity contribution in [2.24, 2.45) is 17.6 Å². The van der Waals surface area contributed by atoms with E-state index < -0.39 is 18.0 Å². The van der Waals surface area contributed by atoms with E-state index in [1.54, 1.807) is 18.7 Å². The zero-order chi connectivity index (χ0) is 20.1. The van der Waals surface area contributed by atoms with Crippen molar-refractivity contribution in [3.63, 3.8) is 0 Å². The number of hydrogen-bond donors (Lipinski definition) is 4. The molecule has 0 aromatic heterocycles. The van der Waals surface area contributed by atoms with E-state index >= 15 is 0 Å². The predicted molar refractivity (Wildman–Crippen MR) is 112 cm³/mol. The lowest BCUT2D eigenvalue weighted by Crippen LogP contribution is -2.63. The number of nitrogens with zero attached hydrogens (tertiary/aromatic N) is 1. The Hall–Kier alpha value is -0.800. The average molecular weight is 434 g/mol. The van der Waals surface area contributed by atoms with Gasteiger partial charge in [-0.3, -0.25) is 4.79 Å². The van der Waals surface area contributed by atoms with Crippen LogP contribution in [0.1, 0.15) is 47.0 Å². The lowest BCUT2D eigenvalue weighted by atomic mass is 9.79. The minimum atomic E-state index is -1.06. The summed E-state index contributed by atoms with van der Waals surface area (Å²) in [6.07, 6.45) is 2.13. The zero-order valence-electron chi connectivity index (χ0n) is 16.8. The molecule has 3 aliphatic rings. The van der Waals surface area contributed by atoms with Gasteiger partial charge < -0.3 is 26.2 Å². The Morgan fingerprint density at radius 1 is 1.46 bits per heavy atom. The molecular formula is C19H32ClN3O4S. The number of carbonyl (C=O) groups excluding carboxylic acids is 1. The first-order valence-electron chi connectivity index (χ1n) is 9.68. The summed E-state index contributed by atoms with van der Waals surface area (Å²) >= 11 is 1.59. The van der Waals surface area contributed by atoms with Gasteiger partial charge in [-0.1, -0.05) is 6.92 Å². The fourth-order valence-electron chi connectivity index (χ4n) is 4.50. The number of aliphatic hydroxyl groups is 1. The summed E-state index contributed by atoms with van der Waals surface area (Å²) in [4.78, 5) is 26.4. The molecule has 3 rings (SSSR count). The number of fused-ring (bicyclic) bond motifs is 1. The number of amides is 1. The number of carboxylic acid groups (broad SMARTS) is 1. The maximum Gasteiger partial charge on any atom is 0.353 e. The molecule has 0 aromatic carbocycles.